The van der Waals surface area contributed by atoms with Gasteiger partial charge in [-0.05, 0) is 94.7 Å². The minimum absolute atomic E-state index is 0.159. The summed E-state index contributed by atoms with van der Waals surface area (Å²) in [5.74, 6) is 1.36. The number of halogens is 1. The zero-order chi connectivity index (χ0) is 27.1. The van der Waals surface area contributed by atoms with Crippen molar-refractivity contribution in [3.05, 3.63) is 34.9 Å². The molecule has 3 aliphatic heterocycles. The van der Waals surface area contributed by atoms with E-state index in [1.807, 2.05) is 12.1 Å². The number of hydrogen-bond donors (Lipinski definition) is 0. The summed E-state index contributed by atoms with van der Waals surface area (Å²) in [6.45, 7) is 17.9. The van der Waals surface area contributed by atoms with E-state index >= 15 is 0 Å². The van der Waals surface area contributed by atoms with E-state index < -0.39 is 0 Å². The van der Waals surface area contributed by atoms with Crippen molar-refractivity contribution in [2.24, 2.45) is 11.3 Å². The van der Waals surface area contributed by atoms with Gasteiger partial charge in [0.2, 0.25) is 0 Å². The number of carbonyl (C=O) groups is 1. The van der Waals surface area contributed by atoms with Crippen LogP contribution in [0.15, 0.2) is 24.3 Å². The molecular weight excluding hydrogens is 494 g/mol. The molecule has 3 heterocycles. The predicted octanol–water partition coefficient (Wildman–Crippen LogP) is 6.20. The van der Waals surface area contributed by atoms with Crippen LogP contribution in [0.3, 0.4) is 0 Å². The lowest BCUT2D eigenvalue weighted by Gasteiger charge is -2.43. The average molecular weight is 544 g/mol. The molecule has 3 saturated heterocycles. The summed E-state index contributed by atoms with van der Waals surface area (Å²) in [7, 11) is 0. The lowest BCUT2D eigenvalue weighted by atomic mass is 9.75. The van der Waals surface area contributed by atoms with Gasteiger partial charge in [-0.1, -0.05) is 37.6 Å². The van der Waals surface area contributed by atoms with Gasteiger partial charge in [0.1, 0.15) is 6.10 Å². The molecule has 5 rings (SSSR count). The van der Waals surface area contributed by atoms with E-state index in [2.05, 4.69) is 61.5 Å². The van der Waals surface area contributed by atoms with Crippen molar-refractivity contribution in [3.8, 4) is 0 Å². The third-order valence-corrected chi connectivity index (χ3v) is 10.2. The molecule has 212 valence electrons. The summed E-state index contributed by atoms with van der Waals surface area (Å²) in [4.78, 5) is 21.5. The Kier molecular flexibility index (Phi) is 8.51. The van der Waals surface area contributed by atoms with Crippen LogP contribution in [0.4, 0.5) is 0 Å². The third-order valence-electron chi connectivity index (χ3n) is 9.98. The number of hydrogen-bond acceptors (Lipinski definition) is 4. The van der Waals surface area contributed by atoms with E-state index in [1.54, 1.807) is 0 Å². The van der Waals surface area contributed by atoms with E-state index in [0.717, 1.165) is 76.5 Å². The second-order valence-electron chi connectivity index (χ2n) is 14.3. The van der Waals surface area contributed by atoms with Crippen molar-refractivity contribution < 1.29 is 9.53 Å². The number of ether oxygens (including phenoxy) is 1. The molecule has 0 N–H and O–H groups in total. The van der Waals surface area contributed by atoms with Gasteiger partial charge in [0.15, 0.2) is 0 Å². The molecule has 0 bridgehead atoms. The van der Waals surface area contributed by atoms with E-state index in [-0.39, 0.29) is 17.6 Å². The van der Waals surface area contributed by atoms with Crippen molar-refractivity contribution in [3.63, 3.8) is 0 Å². The highest BCUT2D eigenvalue weighted by atomic mass is 35.5. The zero-order valence-corrected chi connectivity index (χ0v) is 25.2. The first-order valence-corrected chi connectivity index (χ1v) is 15.5. The fourth-order valence-electron chi connectivity index (χ4n) is 7.49. The molecular formula is C32H50ClN3O2. The number of likely N-dealkylation sites (tertiary alicyclic amines) is 2. The van der Waals surface area contributed by atoms with Crippen molar-refractivity contribution in [2.45, 2.75) is 109 Å². The summed E-state index contributed by atoms with van der Waals surface area (Å²) < 4.78 is 5.92. The number of nitrogens with zero attached hydrogens (tertiary/aromatic N) is 3. The van der Waals surface area contributed by atoms with Gasteiger partial charge in [0, 0.05) is 67.9 Å². The molecule has 4 aliphatic rings. The van der Waals surface area contributed by atoms with Crippen LogP contribution >= 0.6 is 11.6 Å². The Hall–Kier alpha value is -1.14. The van der Waals surface area contributed by atoms with Gasteiger partial charge in [0.05, 0.1) is 0 Å². The minimum atomic E-state index is -0.219. The molecule has 1 aliphatic carbocycles. The molecule has 4 fully saturated rings. The highest BCUT2D eigenvalue weighted by Gasteiger charge is 2.44. The Morgan fingerprint density at radius 3 is 2.37 bits per heavy atom. The van der Waals surface area contributed by atoms with Gasteiger partial charge in [-0.3, -0.25) is 9.69 Å². The molecule has 0 aromatic heterocycles. The first-order chi connectivity index (χ1) is 18.0. The molecule has 1 aromatic rings. The molecule has 1 aromatic carbocycles. The van der Waals surface area contributed by atoms with E-state index in [0.29, 0.717) is 29.3 Å². The number of amides is 1. The first kappa shape index (κ1) is 28.4. The van der Waals surface area contributed by atoms with Gasteiger partial charge < -0.3 is 14.5 Å². The summed E-state index contributed by atoms with van der Waals surface area (Å²) in [6, 6.07) is 9.22. The normalized spacial score (nSPS) is 31.2. The van der Waals surface area contributed by atoms with Crippen LogP contribution in [0, 0.1) is 11.3 Å². The number of carbonyl (C=O) groups excluding carboxylic acids is 1. The Morgan fingerprint density at radius 2 is 1.74 bits per heavy atom. The van der Waals surface area contributed by atoms with Gasteiger partial charge in [-0.25, -0.2) is 0 Å². The lowest BCUT2D eigenvalue weighted by molar-refractivity contribution is -0.147. The molecule has 4 atom stereocenters. The summed E-state index contributed by atoms with van der Waals surface area (Å²) >= 11 is 6.23. The Morgan fingerprint density at radius 1 is 1.03 bits per heavy atom. The van der Waals surface area contributed by atoms with Crippen LogP contribution in [-0.4, -0.2) is 83.7 Å². The molecule has 1 saturated carbocycles. The van der Waals surface area contributed by atoms with Crippen LogP contribution in [0.5, 0.6) is 0 Å². The highest BCUT2D eigenvalue weighted by Crippen LogP contribution is 2.40. The lowest BCUT2D eigenvalue weighted by Crippen LogP contribution is -2.53. The monoisotopic (exact) mass is 543 g/mol. The SMILES string of the molecule is CC1(C)CCC(N(C(=O)[C@@H]2CCCO2)C2CCN(C[C@H]3CN(C(C)(C)C)C[C@H]3c3ccc(Cl)cc3)C2)CC1. The predicted molar refractivity (Wildman–Crippen MR) is 156 cm³/mol. The second-order valence-corrected chi connectivity index (χ2v) is 14.8. The number of rotatable bonds is 6. The average Bonchev–Trinajstić information content (AvgIpc) is 3.62. The van der Waals surface area contributed by atoms with Crippen LogP contribution in [0.1, 0.15) is 91.0 Å². The molecule has 6 heteroatoms. The van der Waals surface area contributed by atoms with Crippen molar-refractivity contribution in [1.82, 2.24) is 14.7 Å². The largest absolute Gasteiger partial charge is 0.368 e. The summed E-state index contributed by atoms with van der Waals surface area (Å²) in [6.07, 6.45) is 7.43. The molecule has 0 spiro atoms. The summed E-state index contributed by atoms with van der Waals surface area (Å²) in [5, 5.41) is 0.806. The quantitative estimate of drug-likeness (QED) is 0.427. The fourth-order valence-corrected chi connectivity index (χ4v) is 7.61. The second kappa shape index (κ2) is 11.4. The van der Waals surface area contributed by atoms with Crippen molar-refractivity contribution in [1.29, 1.82) is 0 Å². The van der Waals surface area contributed by atoms with Crippen LogP contribution in [-0.2, 0) is 9.53 Å². The maximum atomic E-state index is 13.8. The maximum Gasteiger partial charge on any atom is 0.252 e. The van der Waals surface area contributed by atoms with Gasteiger partial charge >= 0.3 is 0 Å². The third kappa shape index (κ3) is 6.43. The van der Waals surface area contributed by atoms with Gasteiger partial charge in [-0.15, -0.1) is 0 Å². The fraction of sp³-hybridized carbons (Fsp3) is 0.781. The first-order valence-electron chi connectivity index (χ1n) is 15.2. The molecule has 38 heavy (non-hydrogen) atoms. The van der Waals surface area contributed by atoms with Gasteiger partial charge in [0.25, 0.3) is 5.91 Å². The standard InChI is InChI=1S/C32H50ClN3O2/c1-31(2,3)35-20-24(28(22-35)23-8-10-25(33)11-9-23)19-34-17-14-27(21-34)36(30(37)29-7-6-18-38-29)26-12-15-32(4,5)16-13-26/h8-11,24,26-29H,6-7,12-22H2,1-5H3/t24-,27?,28-,29-/m0/s1. The van der Waals surface area contributed by atoms with Crippen LogP contribution < -0.4 is 0 Å². The molecule has 0 radical (unpaired) electrons. The molecule has 1 amide bonds. The minimum Gasteiger partial charge on any atom is -0.368 e. The van der Waals surface area contributed by atoms with Crippen molar-refractivity contribution in [2.75, 3.05) is 39.3 Å². The zero-order valence-electron chi connectivity index (χ0n) is 24.4. The van der Waals surface area contributed by atoms with Gasteiger partial charge in [-0.2, -0.15) is 0 Å². The highest BCUT2D eigenvalue weighted by molar-refractivity contribution is 6.30. The van der Waals surface area contributed by atoms with Crippen LogP contribution in [0.2, 0.25) is 5.02 Å². The van der Waals surface area contributed by atoms with E-state index in [4.69, 9.17) is 16.3 Å². The maximum absolute atomic E-state index is 13.8. The summed E-state index contributed by atoms with van der Waals surface area (Å²) in [5.41, 5.74) is 1.96. The van der Waals surface area contributed by atoms with E-state index in [9.17, 15) is 4.79 Å². The van der Waals surface area contributed by atoms with Crippen molar-refractivity contribution >= 4 is 17.5 Å². The van der Waals surface area contributed by atoms with Crippen LogP contribution in [0.25, 0.3) is 0 Å². The molecule has 1 unspecified atom stereocenters. The smallest absolute Gasteiger partial charge is 0.252 e. The Balaban J connectivity index is 1.29. The Bertz CT molecular complexity index is 942. The number of benzene rings is 1. The topological polar surface area (TPSA) is 36.0 Å². The van der Waals surface area contributed by atoms with E-state index in [1.165, 1.54) is 18.4 Å². The molecule has 5 nitrogen and oxygen atoms in total. The Labute approximate surface area is 236 Å².